The highest BCUT2D eigenvalue weighted by Crippen LogP contribution is 2.44. The highest BCUT2D eigenvalue weighted by molar-refractivity contribution is 7.89. The largest absolute Gasteiger partial charge is 0.417 e. The molecule has 0 N–H and O–H groups in total. The molecule has 1 amide bonds. The molecule has 0 aliphatic carbocycles. The van der Waals surface area contributed by atoms with Gasteiger partial charge in [0.25, 0.3) is 0 Å². The van der Waals surface area contributed by atoms with Gasteiger partial charge < -0.3 is 4.90 Å². The molecule has 0 aromatic heterocycles. The number of amides is 1. The Balaban J connectivity index is 1.65. The molecule has 30 heavy (non-hydrogen) atoms. The van der Waals surface area contributed by atoms with Gasteiger partial charge in [0, 0.05) is 25.3 Å². The van der Waals surface area contributed by atoms with Crippen molar-refractivity contribution in [2.45, 2.75) is 30.3 Å². The van der Waals surface area contributed by atoms with E-state index in [0.717, 1.165) is 28.2 Å². The number of rotatable bonds is 3. The van der Waals surface area contributed by atoms with Crippen molar-refractivity contribution in [2.75, 3.05) is 24.5 Å². The molecule has 0 saturated carbocycles. The van der Waals surface area contributed by atoms with Crippen LogP contribution in [0.3, 0.4) is 0 Å². The lowest BCUT2D eigenvalue weighted by Crippen LogP contribution is -2.50. The topological polar surface area (TPSA) is 57.7 Å². The first-order valence-electron chi connectivity index (χ1n) is 9.69. The molecule has 2 saturated heterocycles. The smallest absolute Gasteiger partial charge is 0.312 e. The zero-order chi connectivity index (χ0) is 21.6. The second-order valence-electron chi connectivity index (χ2n) is 7.76. The van der Waals surface area contributed by atoms with E-state index in [2.05, 4.69) is 0 Å². The Bertz CT molecular complexity index is 1060. The molecule has 2 aromatic carbocycles. The SMILES string of the molecule is O=C1N(c2ccccc2)CCC12CCCN(S(=O)(=O)c1ccccc1C(F)(F)F)C2. The number of benzene rings is 2. The van der Waals surface area contributed by atoms with Crippen molar-refractivity contribution >= 4 is 21.6 Å². The molecular weight excluding hydrogens is 417 g/mol. The molecule has 0 bridgehead atoms. The average Bonchev–Trinajstić information content (AvgIpc) is 3.03. The van der Waals surface area contributed by atoms with E-state index in [1.165, 1.54) is 6.07 Å². The molecule has 2 fully saturated rings. The van der Waals surface area contributed by atoms with Crippen LogP contribution in [0.5, 0.6) is 0 Å². The predicted octanol–water partition coefficient (Wildman–Crippen LogP) is 3.91. The Morgan fingerprint density at radius 3 is 2.27 bits per heavy atom. The van der Waals surface area contributed by atoms with Gasteiger partial charge in [0.05, 0.1) is 15.9 Å². The van der Waals surface area contributed by atoms with Gasteiger partial charge in [-0.05, 0) is 43.5 Å². The molecule has 160 valence electrons. The quantitative estimate of drug-likeness (QED) is 0.730. The minimum Gasteiger partial charge on any atom is -0.312 e. The molecule has 5 nitrogen and oxygen atoms in total. The second kappa shape index (κ2) is 7.39. The first kappa shape index (κ1) is 20.9. The van der Waals surface area contributed by atoms with Gasteiger partial charge in [0.15, 0.2) is 0 Å². The fourth-order valence-corrected chi connectivity index (χ4v) is 6.19. The third-order valence-electron chi connectivity index (χ3n) is 5.93. The van der Waals surface area contributed by atoms with Crippen LogP contribution in [-0.4, -0.2) is 38.3 Å². The monoisotopic (exact) mass is 438 g/mol. The number of para-hydroxylation sites is 1. The van der Waals surface area contributed by atoms with Crippen LogP contribution in [0.2, 0.25) is 0 Å². The summed E-state index contributed by atoms with van der Waals surface area (Å²) in [5, 5.41) is 0. The lowest BCUT2D eigenvalue weighted by Gasteiger charge is -2.38. The molecule has 2 heterocycles. The molecule has 2 aliphatic rings. The molecule has 1 atom stereocenters. The number of piperidine rings is 1. The van der Waals surface area contributed by atoms with Crippen LogP contribution < -0.4 is 4.90 Å². The van der Waals surface area contributed by atoms with E-state index in [4.69, 9.17) is 0 Å². The number of hydrogen-bond donors (Lipinski definition) is 0. The summed E-state index contributed by atoms with van der Waals surface area (Å²) < 4.78 is 67.5. The van der Waals surface area contributed by atoms with Crippen LogP contribution in [0.4, 0.5) is 18.9 Å². The number of hydrogen-bond acceptors (Lipinski definition) is 3. The van der Waals surface area contributed by atoms with Crippen LogP contribution in [0, 0.1) is 5.41 Å². The number of alkyl halides is 3. The van der Waals surface area contributed by atoms with Gasteiger partial charge in [-0.15, -0.1) is 0 Å². The third kappa shape index (κ3) is 3.50. The van der Waals surface area contributed by atoms with Crippen molar-refractivity contribution in [3.05, 3.63) is 60.2 Å². The predicted molar refractivity (Wildman–Crippen MR) is 105 cm³/mol. The summed E-state index contributed by atoms with van der Waals surface area (Å²) in [6.07, 6.45) is -3.39. The normalized spacial score (nSPS) is 23.3. The Kier molecular flexibility index (Phi) is 5.14. The summed E-state index contributed by atoms with van der Waals surface area (Å²) in [7, 11) is -4.40. The molecule has 0 radical (unpaired) electrons. The number of sulfonamides is 1. The minimum atomic E-state index is -4.79. The van der Waals surface area contributed by atoms with Gasteiger partial charge in [-0.25, -0.2) is 8.42 Å². The van der Waals surface area contributed by atoms with E-state index in [0.29, 0.717) is 25.8 Å². The number of carbonyl (C=O) groups is 1. The summed E-state index contributed by atoms with van der Waals surface area (Å²) in [5.41, 5.74) is -1.36. The fourth-order valence-electron chi connectivity index (χ4n) is 4.41. The Morgan fingerprint density at radius 2 is 1.57 bits per heavy atom. The Hall–Kier alpha value is -2.39. The van der Waals surface area contributed by atoms with Gasteiger partial charge in [-0.3, -0.25) is 4.79 Å². The zero-order valence-electron chi connectivity index (χ0n) is 16.1. The van der Waals surface area contributed by atoms with Crippen molar-refractivity contribution in [3.8, 4) is 0 Å². The number of carbonyl (C=O) groups excluding carboxylic acids is 1. The first-order chi connectivity index (χ1) is 14.2. The fraction of sp³-hybridized carbons (Fsp3) is 0.381. The zero-order valence-corrected chi connectivity index (χ0v) is 16.9. The van der Waals surface area contributed by atoms with E-state index in [1.54, 1.807) is 4.90 Å². The van der Waals surface area contributed by atoms with Crippen LogP contribution in [0.25, 0.3) is 0 Å². The molecule has 9 heteroatoms. The number of anilines is 1. The van der Waals surface area contributed by atoms with Crippen molar-refractivity contribution in [1.29, 1.82) is 0 Å². The molecule has 2 aliphatic heterocycles. The molecular formula is C21H21F3N2O3S. The third-order valence-corrected chi connectivity index (χ3v) is 7.84. The van der Waals surface area contributed by atoms with E-state index >= 15 is 0 Å². The van der Waals surface area contributed by atoms with E-state index in [9.17, 15) is 26.4 Å². The summed E-state index contributed by atoms with van der Waals surface area (Å²) in [6, 6.07) is 13.3. The van der Waals surface area contributed by atoms with Gasteiger partial charge in [0.1, 0.15) is 0 Å². The molecule has 1 spiro atoms. The van der Waals surface area contributed by atoms with Crippen LogP contribution in [0.15, 0.2) is 59.5 Å². The van der Waals surface area contributed by atoms with Gasteiger partial charge in [-0.1, -0.05) is 30.3 Å². The molecule has 1 unspecified atom stereocenters. The van der Waals surface area contributed by atoms with E-state index < -0.39 is 32.1 Å². The maximum Gasteiger partial charge on any atom is 0.417 e. The summed E-state index contributed by atoms with van der Waals surface area (Å²) in [5.74, 6) is -0.169. The Labute approximate surface area is 173 Å². The number of nitrogens with zero attached hydrogens (tertiary/aromatic N) is 2. The Morgan fingerprint density at radius 1 is 0.900 bits per heavy atom. The van der Waals surface area contributed by atoms with Crippen LogP contribution >= 0.6 is 0 Å². The van der Waals surface area contributed by atoms with Gasteiger partial charge >= 0.3 is 6.18 Å². The van der Waals surface area contributed by atoms with E-state index in [-0.39, 0.29) is 19.0 Å². The lowest BCUT2D eigenvalue weighted by molar-refractivity contribution is -0.140. The van der Waals surface area contributed by atoms with Crippen molar-refractivity contribution in [1.82, 2.24) is 4.31 Å². The van der Waals surface area contributed by atoms with Gasteiger partial charge in [0.2, 0.25) is 15.9 Å². The first-order valence-corrected chi connectivity index (χ1v) is 11.1. The van der Waals surface area contributed by atoms with Crippen LogP contribution in [-0.2, 0) is 21.0 Å². The minimum absolute atomic E-state index is 0.0922. The average molecular weight is 438 g/mol. The van der Waals surface area contributed by atoms with Crippen molar-refractivity contribution < 1.29 is 26.4 Å². The number of halogens is 3. The highest BCUT2D eigenvalue weighted by Gasteiger charge is 2.51. The molecule has 4 rings (SSSR count). The van der Waals surface area contributed by atoms with Crippen molar-refractivity contribution in [3.63, 3.8) is 0 Å². The summed E-state index contributed by atoms with van der Waals surface area (Å²) in [4.78, 5) is 14.1. The van der Waals surface area contributed by atoms with Crippen molar-refractivity contribution in [2.24, 2.45) is 5.41 Å². The van der Waals surface area contributed by atoms with E-state index in [1.807, 2.05) is 30.3 Å². The highest BCUT2D eigenvalue weighted by atomic mass is 32.2. The summed E-state index contributed by atoms with van der Waals surface area (Å²) in [6.45, 7) is 0.439. The lowest BCUT2D eigenvalue weighted by atomic mass is 9.79. The maximum absolute atomic E-state index is 13.4. The van der Waals surface area contributed by atoms with Crippen LogP contribution in [0.1, 0.15) is 24.8 Å². The maximum atomic E-state index is 13.4. The summed E-state index contributed by atoms with van der Waals surface area (Å²) >= 11 is 0. The standard InChI is InChI=1S/C21H21F3N2O3S/c22-21(23,24)17-9-4-5-10-18(17)30(28,29)25-13-6-11-20(15-25)12-14-26(19(20)27)16-7-2-1-3-8-16/h1-5,7-10H,6,11-15H2. The van der Waals surface area contributed by atoms with Gasteiger partial charge in [-0.2, -0.15) is 17.5 Å². The second-order valence-corrected chi connectivity index (χ2v) is 9.67. The molecule has 2 aromatic rings.